The first-order chi connectivity index (χ1) is 23.8. The van der Waals surface area contributed by atoms with Gasteiger partial charge in [-0.25, -0.2) is 14.6 Å². The number of anilines is 3. The number of nitrogens with zero attached hydrogens (tertiary/aromatic N) is 7. The summed E-state index contributed by atoms with van der Waals surface area (Å²) in [6.07, 6.45) is 3.14. The van der Waals surface area contributed by atoms with E-state index < -0.39 is 42.3 Å². The molecule has 49 heavy (non-hydrogen) atoms. The van der Waals surface area contributed by atoms with Gasteiger partial charge < -0.3 is 46.1 Å². The van der Waals surface area contributed by atoms with E-state index in [1.807, 2.05) is 35.2 Å². The number of carbonyl (C=O) groups excluding carboxylic acids is 3. The van der Waals surface area contributed by atoms with Crippen LogP contribution in [-0.4, -0.2) is 119 Å². The van der Waals surface area contributed by atoms with Gasteiger partial charge in [-0.3, -0.25) is 14.7 Å². The average molecular weight is 672 g/mol. The zero-order chi connectivity index (χ0) is 34.1. The number of amides is 5. The average Bonchev–Trinajstić information content (AvgIpc) is 3.89. The molecule has 1 unspecified atom stereocenters. The second-order valence-electron chi connectivity index (χ2n) is 12.5. The molecular weight excluding hydrogens is 634 g/mol. The molecule has 7 rings (SSSR count). The summed E-state index contributed by atoms with van der Waals surface area (Å²) in [5.74, 6) is 0.218. The molecule has 3 aliphatic rings. The third kappa shape index (κ3) is 6.55. The summed E-state index contributed by atoms with van der Waals surface area (Å²) in [6.45, 7) is 0.572. The molecule has 7 N–H and O–H groups in total. The SMILES string of the molecule is O=C(Nc1cccnc1)NC1CCN(c2nc(N[C@H](CO)Cc3ccccc3)c3ncn([C@@H]4C[C@H](N5C(=O)CNC5=O)[C@@H](O)[C@H]4O)c3n2)C1. The van der Waals surface area contributed by atoms with Gasteiger partial charge in [0, 0.05) is 25.3 Å². The number of benzene rings is 1. The van der Waals surface area contributed by atoms with E-state index in [0.717, 1.165) is 10.5 Å². The molecule has 17 nitrogen and oxygen atoms in total. The number of rotatable bonds is 10. The molecule has 0 bridgehead atoms. The standard InChI is InChI=1S/C32H37N11O6/c44-16-21(11-18-5-2-1-3-6-18)36-28-25-29(42(17-35-25)22-12-23(27(47)26(22)46)43-24(45)14-34-32(43)49)40-30(39-28)41-10-8-20(15-41)38-31(48)37-19-7-4-9-33-13-19/h1-7,9,13,17,20-23,26-27,44,46-47H,8,10-12,14-16H2,(H,34,49)(H,36,39,40)(H2,37,38,48)/t20?,21-,22+,23-,26-,27+/m0/s1. The summed E-state index contributed by atoms with van der Waals surface area (Å²) >= 11 is 0. The van der Waals surface area contributed by atoms with E-state index in [1.54, 1.807) is 29.1 Å². The molecule has 3 aromatic heterocycles. The van der Waals surface area contributed by atoms with E-state index >= 15 is 0 Å². The van der Waals surface area contributed by atoms with Crippen molar-refractivity contribution in [3.8, 4) is 0 Å². The Hall–Kier alpha value is -5.39. The lowest BCUT2D eigenvalue weighted by Gasteiger charge is -2.23. The van der Waals surface area contributed by atoms with Gasteiger partial charge in [-0.15, -0.1) is 0 Å². The van der Waals surface area contributed by atoms with Crippen LogP contribution in [0.25, 0.3) is 11.2 Å². The number of aliphatic hydroxyl groups is 3. The van der Waals surface area contributed by atoms with Crippen LogP contribution in [-0.2, 0) is 11.2 Å². The fourth-order valence-electron chi connectivity index (χ4n) is 6.78. The Balaban J connectivity index is 1.18. The van der Waals surface area contributed by atoms with Crippen LogP contribution >= 0.6 is 0 Å². The number of aromatic nitrogens is 5. The third-order valence-corrected chi connectivity index (χ3v) is 9.21. The zero-order valence-electron chi connectivity index (χ0n) is 26.4. The largest absolute Gasteiger partial charge is 0.394 e. The smallest absolute Gasteiger partial charge is 0.324 e. The molecule has 6 atom stereocenters. The van der Waals surface area contributed by atoms with Crippen molar-refractivity contribution in [2.45, 2.75) is 55.6 Å². The number of nitrogens with one attached hydrogen (secondary N) is 4. The van der Waals surface area contributed by atoms with Crippen molar-refractivity contribution < 1.29 is 29.7 Å². The van der Waals surface area contributed by atoms with Gasteiger partial charge in [-0.05, 0) is 37.0 Å². The monoisotopic (exact) mass is 671 g/mol. The quantitative estimate of drug-likeness (QED) is 0.113. The van der Waals surface area contributed by atoms with Gasteiger partial charge in [-0.1, -0.05) is 30.3 Å². The van der Waals surface area contributed by atoms with Crippen LogP contribution in [0.2, 0.25) is 0 Å². The minimum absolute atomic E-state index is 0.0735. The predicted molar refractivity (Wildman–Crippen MR) is 177 cm³/mol. The van der Waals surface area contributed by atoms with Crippen LogP contribution in [0.4, 0.5) is 27.0 Å². The maximum absolute atomic E-state index is 12.7. The summed E-state index contributed by atoms with van der Waals surface area (Å²) < 4.78 is 1.64. The summed E-state index contributed by atoms with van der Waals surface area (Å²) in [6, 6.07) is 9.84. The molecule has 4 aromatic rings. The van der Waals surface area contributed by atoms with E-state index in [9.17, 15) is 29.7 Å². The normalized spacial score (nSPS) is 24.3. The number of aliphatic hydroxyl groups excluding tert-OH is 3. The van der Waals surface area contributed by atoms with Gasteiger partial charge in [0.2, 0.25) is 11.9 Å². The van der Waals surface area contributed by atoms with E-state index in [1.165, 1.54) is 6.33 Å². The molecule has 1 aliphatic carbocycles. The Morgan fingerprint density at radius 1 is 1.06 bits per heavy atom. The van der Waals surface area contributed by atoms with Gasteiger partial charge >= 0.3 is 12.1 Å². The number of pyridine rings is 1. The summed E-state index contributed by atoms with van der Waals surface area (Å²) in [4.78, 5) is 58.7. The third-order valence-electron chi connectivity index (χ3n) is 9.21. The first-order valence-corrected chi connectivity index (χ1v) is 16.1. The predicted octanol–water partition coefficient (Wildman–Crippen LogP) is 0.224. The molecule has 5 heterocycles. The molecule has 17 heteroatoms. The summed E-state index contributed by atoms with van der Waals surface area (Å²) in [7, 11) is 0. The van der Waals surface area contributed by atoms with E-state index in [4.69, 9.17) is 9.97 Å². The Morgan fingerprint density at radius 2 is 1.88 bits per heavy atom. The topological polar surface area (TPSA) is 223 Å². The van der Waals surface area contributed by atoms with E-state index in [2.05, 4.69) is 31.2 Å². The number of hydrogen-bond donors (Lipinski definition) is 7. The number of hydrogen-bond acceptors (Lipinski definition) is 12. The molecule has 0 radical (unpaired) electrons. The van der Waals surface area contributed by atoms with Crippen molar-refractivity contribution in [2.75, 3.05) is 41.8 Å². The Kier molecular flexibility index (Phi) is 8.94. The lowest BCUT2D eigenvalue weighted by molar-refractivity contribution is -0.128. The Labute approximate surface area is 280 Å². The van der Waals surface area contributed by atoms with Crippen LogP contribution in [0.1, 0.15) is 24.4 Å². The minimum Gasteiger partial charge on any atom is -0.394 e. The van der Waals surface area contributed by atoms with Crippen molar-refractivity contribution >= 4 is 46.6 Å². The van der Waals surface area contributed by atoms with Crippen molar-refractivity contribution in [1.82, 2.24) is 40.0 Å². The zero-order valence-corrected chi connectivity index (χ0v) is 26.4. The second-order valence-corrected chi connectivity index (χ2v) is 12.5. The highest BCUT2D eigenvalue weighted by atomic mass is 16.3. The molecule has 3 fully saturated rings. The highest BCUT2D eigenvalue weighted by Crippen LogP contribution is 2.37. The number of urea groups is 2. The number of imide groups is 1. The molecule has 5 amide bonds. The van der Waals surface area contributed by atoms with E-state index in [-0.39, 0.29) is 31.6 Å². The first-order valence-electron chi connectivity index (χ1n) is 16.1. The van der Waals surface area contributed by atoms with Crippen molar-refractivity contribution in [2.24, 2.45) is 0 Å². The molecule has 2 aliphatic heterocycles. The van der Waals surface area contributed by atoms with Gasteiger partial charge in [0.05, 0.1) is 49.5 Å². The number of carbonyl (C=O) groups is 3. The second kappa shape index (κ2) is 13.6. The summed E-state index contributed by atoms with van der Waals surface area (Å²) in [5.41, 5.74) is 2.30. The first kappa shape index (κ1) is 32.2. The molecule has 2 saturated heterocycles. The maximum Gasteiger partial charge on any atom is 0.324 e. The fraction of sp³-hybridized carbons (Fsp3) is 0.406. The van der Waals surface area contributed by atoms with Crippen LogP contribution in [0.3, 0.4) is 0 Å². The van der Waals surface area contributed by atoms with Gasteiger partial charge in [0.15, 0.2) is 17.0 Å². The molecule has 1 aromatic carbocycles. The highest BCUT2D eigenvalue weighted by molar-refractivity contribution is 6.02. The lowest BCUT2D eigenvalue weighted by Crippen LogP contribution is -2.46. The van der Waals surface area contributed by atoms with Crippen LogP contribution in [0, 0.1) is 0 Å². The Bertz CT molecular complexity index is 1810. The van der Waals surface area contributed by atoms with Gasteiger partial charge in [0.1, 0.15) is 12.2 Å². The lowest BCUT2D eigenvalue weighted by atomic mass is 10.1. The molecule has 1 saturated carbocycles. The molecule has 0 spiro atoms. The number of fused-ring (bicyclic) bond motifs is 1. The van der Waals surface area contributed by atoms with Crippen LogP contribution in [0.5, 0.6) is 0 Å². The summed E-state index contributed by atoms with van der Waals surface area (Å²) in [5, 5.41) is 44.1. The van der Waals surface area contributed by atoms with Gasteiger partial charge in [0.25, 0.3) is 0 Å². The molecule has 256 valence electrons. The minimum atomic E-state index is -1.39. The fourth-order valence-corrected chi connectivity index (χ4v) is 6.78. The van der Waals surface area contributed by atoms with Crippen molar-refractivity contribution in [1.29, 1.82) is 0 Å². The van der Waals surface area contributed by atoms with Crippen LogP contribution < -0.4 is 26.2 Å². The number of imidazole rings is 1. The maximum atomic E-state index is 12.7. The van der Waals surface area contributed by atoms with Crippen LogP contribution in [0.15, 0.2) is 61.2 Å². The van der Waals surface area contributed by atoms with Crippen molar-refractivity contribution in [3.63, 3.8) is 0 Å². The van der Waals surface area contributed by atoms with Gasteiger partial charge in [-0.2, -0.15) is 9.97 Å². The van der Waals surface area contributed by atoms with E-state index in [0.29, 0.717) is 54.5 Å². The highest BCUT2D eigenvalue weighted by Gasteiger charge is 2.50. The van der Waals surface area contributed by atoms with Crippen molar-refractivity contribution in [3.05, 3.63) is 66.7 Å². The molecular formula is C32H37N11O6. The Morgan fingerprint density at radius 3 is 2.61 bits per heavy atom.